The lowest BCUT2D eigenvalue weighted by Gasteiger charge is -2.35. The lowest BCUT2D eigenvalue weighted by Crippen LogP contribution is -2.45. The highest BCUT2D eigenvalue weighted by Gasteiger charge is 2.26. The molecule has 3 heterocycles. The third-order valence-electron chi connectivity index (χ3n) is 5.09. The van der Waals surface area contributed by atoms with E-state index in [1.807, 2.05) is 66.9 Å². The van der Waals surface area contributed by atoms with E-state index < -0.39 is 0 Å². The van der Waals surface area contributed by atoms with E-state index in [0.717, 1.165) is 42.2 Å². The summed E-state index contributed by atoms with van der Waals surface area (Å²) in [5.74, 6) is 3.13. The predicted molar refractivity (Wildman–Crippen MR) is 111 cm³/mol. The summed E-state index contributed by atoms with van der Waals surface area (Å²) < 4.78 is 14.0. The first-order valence-corrected chi connectivity index (χ1v) is 9.74. The maximum atomic E-state index is 8.93. The number of aromatic nitrogens is 3. The standard InChI is InChI=1S/C23H19N5O2/c24-15-27-12-17(13-27)14-28-11-10-21-22(28)23(26-16-25-21)30-20-8-6-19(7-9-20)29-18-4-2-1-3-5-18/h1-11,16-17H,12-14H2. The van der Waals surface area contributed by atoms with Crippen LogP contribution in [0.2, 0.25) is 0 Å². The highest BCUT2D eigenvalue weighted by Crippen LogP contribution is 2.30. The van der Waals surface area contributed by atoms with E-state index in [-0.39, 0.29) is 0 Å². The van der Waals surface area contributed by atoms with Crippen molar-refractivity contribution in [3.63, 3.8) is 0 Å². The average molecular weight is 397 g/mol. The van der Waals surface area contributed by atoms with E-state index in [2.05, 4.69) is 20.7 Å². The first-order valence-electron chi connectivity index (χ1n) is 9.74. The third-order valence-corrected chi connectivity index (χ3v) is 5.09. The molecule has 0 amide bonds. The van der Waals surface area contributed by atoms with Gasteiger partial charge in [-0.2, -0.15) is 10.2 Å². The molecule has 148 valence electrons. The Morgan fingerprint density at radius 2 is 1.60 bits per heavy atom. The van der Waals surface area contributed by atoms with Crippen LogP contribution in [0.15, 0.2) is 73.2 Å². The van der Waals surface area contributed by atoms with Crippen molar-refractivity contribution >= 4 is 11.0 Å². The van der Waals surface area contributed by atoms with Crippen LogP contribution in [0.3, 0.4) is 0 Å². The van der Waals surface area contributed by atoms with E-state index in [0.29, 0.717) is 17.5 Å². The van der Waals surface area contributed by atoms with Gasteiger partial charge in [0.15, 0.2) is 6.19 Å². The molecular formula is C23H19N5O2. The van der Waals surface area contributed by atoms with Gasteiger partial charge in [-0.25, -0.2) is 4.98 Å². The molecule has 1 saturated heterocycles. The molecule has 1 fully saturated rings. The largest absolute Gasteiger partial charge is 0.457 e. The van der Waals surface area contributed by atoms with Crippen molar-refractivity contribution in [1.82, 2.24) is 19.4 Å². The zero-order valence-corrected chi connectivity index (χ0v) is 16.2. The third kappa shape index (κ3) is 3.63. The Labute approximate surface area is 173 Å². The molecule has 30 heavy (non-hydrogen) atoms. The minimum absolute atomic E-state index is 0.433. The molecule has 7 nitrogen and oxygen atoms in total. The van der Waals surface area contributed by atoms with Gasteiger partial charge in [-0.1, -0.05) is 18.2 Å². The second kappa shape index (κ2) is 7.76. The van der Waals surface area contributed by atoms with E-state index in [1.54, 1.807) is 4.90 Å². The Hall–Kier alpha value is -4.05. The molecule has 1 aliphatic rings. The number of fused-ring (bicyclic) bond motifs is 1. The molecular weight excluding hydrogens is 378 g/mol. The molecule has 4 aromatic rings. The summed E-state index contributed by atoms with van der Waals surface area (Å²) in [5, 5.41) is 8.93. The lowest BCUT2D eigenvalue weighted by atomic mass is 10.0. The number of hydrogen-bond donors (Lipinski definition) is 0. The minimum Gasteiger partial charge on any atom is -0.457 e. The first-order chi connectivity index (χ1) is 14.8. The summed E-state index contributed by atoms with van der Waals surface area (Å²) in [4.78, 5) is 10.5. The molecule has 0 saturated carbocycles. The molecule has 0 spiro atoms. The second-order valence-corrected chi connectivity index (χ2v) is 7.24. The van der Waals surface area contributed by atoms with Gasteiger partial charge in [0.2, 0.25) is 5.88 Å². The van der Waals surface area contributed by atoms with Crippen molar-refractivity contribution in [2.45, 2.75) is 6.54 Å². The number of nitriles is 1. The van der Waals surface area contributed by atoms with Gasteiger partial charge in [-0.05, 0) is 42.5 Å². The molecule has 0 atom stereocenters. The smallest absolute Gasteiger partial charge is 0.247 e. The number of nitrogens with zero attached hydrogens (tertiary/aromatic N) is 5. The van der Waals surface area contributed by atoms with Crippen LogP contribution in [0.4, 0.5) is 0 Å². The van der Waals surface area contributed by atoms with Gasteiger partial charge >= 0.3 is 0 Å². The first kappa shape index (κ1) is 18.0. The molecule has 0 bridgehead atoms. The molecule has 0 N–H and O–H groups in total. The number of para-hydroxylation sites is 1. The van der Waals surface area contributed by atoms with Gasteiger partial charge in [0, 0.05) is 31.7 Å². The maximum Gasteiger partial charge on any atom is 0.247 e. The Bertz CT molecular complexity index is 1190. The van der Waals surface area contributed by atoms with Gasteiger partial charge in [0.25, 0.3) is 0 Å². The highest BCUT2D eigenvalue weighted by molar-refractivity contribution is 5.80. The number of rotatable bonds is 6. The predicted octanol–water partition coefficient (Wildman–Crippen LogP) is 4.43. The summed E-state index contributed by atoms with van der Waals surface area (Å²) in [6.45, 7) is 2.36. The van der Waals surface area contributed by atoms with Crippen molar-refractivity contribution in [3.05, 3.63) is 73.2 Å². The van der Waals surface area contributed by atoms with E-state index in [1.165, 1.54) is 6.33 Å². The molecule has 2 aromatic heterocycles. The summed E-state index contributed by atoms with van der Waals surface area (Å²) in [6.07, 6.45) is 5.68. The zero-order chi connectivity index (χ0) is 20.3. The minimum atomic E-state index is 0.433. The van der Waals surface area contributed by atoms with Crippen LogP contribution in [0.25, 0.3) is 11.0 Å². The Balaban J connectivity index is 1.34. The van der Waals surface area contributed by atoms with Crippen LogP contribution in [0.1, 0.15) is 0 Å². The molecule has 5 rings (SSSR count). The topological polar surface area (TPSA) is 76.2 Å². The highest BCUT2D eigenvalue weighted by atomic mass is 16.5. The number of likely N-dealkylation sites (tertiary alicyclic amines) is 1. The summed E-state index contributed by atoms with van der Waals surface area (Å²) in [7, 11) is 0. The Morgan fingerprint density at radius 1 is 0.900 bits per heavy atom. The fourth-order valence-electron chi connectivity index (χ4n) is 3.59. The normalized spacial score (nSPS) is 13.6. The fourth-order valence-corrected chi connectivity index (χ4v) is 3.59. The number of benzene rings is 2. The van der Waals surface area contributed by atoms with Gasteiger partial charge in [-0.15, -0.1) is 0 Å². The maximum absolute atomic E-state index is 8.93. The molecule has 0 radical (unpaired) electrons. The van der Waals surface area contributed by atoms with Crippen molar-refractivity contribution in [1.29, 1.82) is 5.26 Å². The van der Waals surface area contributed by atoms with Crippen LogP contribution in [0.5, 0.6) is 23.1 Å². The molecule has 1 aliphatic heterocycles. The Morgan fingerprint density at radius 3 is 2.33 bits per heavy atom. The van der Waals surface area contributed by atoms with Crippen LogP contribution in [0, 0.1) is 17.4 Å². The SMILES string of the molecule is N#CN1CC(Cn2ccc3ncnc(Oc4ccc(Oc5ccccc5)cc4)c32)C1. The second-order valence-electron chi connectivity index (χ2n) is 7.24. The van der Waals surface area contributed by atoms with Crippen LogP contribution in [-0.4, -0.2) is 32.5 Å². The monoisotopic (exact) mass is 397 g/mol. The van der Waals surface area contributed by atoms with Crippen LogP contribution in [-0.2, 0) is 6.54 Å². The van der Waals surface area contributed by atoms with Crippen LogP contribution >= 0.6 is 0 Å². The molecule has 2 aromatic carbocycles. The van der Waals surface area contributed by atoms with E-state index >= 15 is 0 Å². The lowest BCUT2D eigenvalue weighted by molar-refractivity contribution is 0.154. The van der Waals surface area contributed by atoms with E-state index in [9.17, 15) is 0 Å². The average Bonchev–Trinajstić information content (AvgIpc) is 3.16. The van der Waals surface area contributed by atoms with Gasteiger partial charge in [0.05, 0.1) is 5.52 Å². The zero-order valence-electron chi connectivity index (χ0n) is 16.2. The van der Waals surface area contributed by atoms with Crippen molar-refractivity contribution < 1.29 is 9.47 Å². The fraction of sp³-hybridized carbons (Fsp3) is 0.174. The van der Waals surface area contributed by atoms with Crippen molar-refractivity contribution in [2.24, 2.45) is 5.92 Å². The van der Waals surface area contributed by atoms with Gasteiger partial charge in [-0.3, -0.25) is 0 Å². The van der Waals surface area contributed by atoms with E-state index in [4.69, 9.17) is 14.7 Å². The summed E-state index contributed by atoms with van der Waals surface area (Å²) in [6, 6.07) is 19.0. The molecule has 7 heteroatoms. The van der Waals surface area contributed by atoms with Crippen LogP contribution < -0.4 is 9.47 Å². The Kier molecular flexibility index (Phi) is 4.66. The van der Waals surface area contributed by atoms with Gasteiger partial charge in [0.1, 0.15) is 29.1 Å². The van der Waals surface area contributed by atoms with Crippen molar-refractivity contribution in [3.8, 4) is 29.3 Å². The number of hydrogen-bond acceptors (Lipinski definition) is 6. The van der Waals surface area contributed by atoms with Crippen molar-refractivity contribution in [2.75, 3.05) is 13.1 Å². The molecule has 0 unspecified atom stereocenters. The number of ether oxygens (including phenoxy) is 2. The van der Waals surface area contributed by atoms with Gasteiger partial charge < -0.3 is 18.9 Å². The summed E-state index contributed by atoms with van der Waals surface area (Å²) in [5.41, 5.74) is 1.69. The quantitative estimate of drug-likeness (QED) is 0.448. The molecule has 0 aliphatic carbocycles. The summed E-state index contributed by atoms with van der Waals surface area (Å²) >= 11 is 0.